The molecule has 22 heteroatoms. The predicted octanol–water partition coefficient (Wildman–Crippen LogP) is 6.71. The van der Waals surface area contributed by atoms with Crippen molar-refractivity contribution in [3.05, 3.63) is 158 Å². The lowest BCUT2D eigenvalue weighted by atomic mass is 9.86. The van der Waals surface area contributed by atoms with E-state index in [9.17, 15) is 43.8 Å². The van der Waals surface area contributed by atoms with Gasteiger partial charge in [-0.15, -0.1) is 0 Å². The Kier molecular flexibility index (Phi) is 22.1. The zero-order valence-corrected chi connectivity index (χ0v) is 51.8. The van der Waals surface area contributed by atoms with Gasteiger partial charge in [0.1, 0.15) is 26.0 Å². The Morgan fingerprint density at radius 1 is 0.789 bits per heavy atom. The average Bonchev–Trinajstić information content (AvgIpc) is 1.47. The average molecular weight is 1230 g/mol. The molecule has 5 amide bonds. The standard InChI is InChI=1S/C68H80N8O14/c1-7-68(85)54-36-57-62-52(38-76(57)65(82)53(54)40-89-66(68)83)50(51-17-11-12-18-55(51)72-62)28-30-74(43(4)5)67(84)90-39-45-20-24-49(25-21-45)71-63(80)44(6)70-64(81)61(42(2)3)73-59(78)41-88-35-34-87-33-32-86-31-29-69-58(77)26-27-60(79)75-37-48-16-9-8-14-46(48)22-23-47-15-10-13-19-56(47)75/h8-25,36,42-44,61,64,70,81,85H,7,26-35,37-41H2,1-6H3,(H,69,77)(H,71,80)(H,73,78)/b23-22-/t44-,61-,64?,68-/m0/s1. The second kappa shape index (κ2) is 30.2. The molecule has 0 saturated carbocycles. The molecule has 22 nitrogen and oxygen atoms in total. The topological polar surface area (TPSA) is 279 Å². The number of nitrogens with zero attached hydrogens (tertiary/aromatic N) is 4. The molecule has 2 aromatic heterocycles. The number of aliphatic hydroxyl groups excluding tert-OH is 1. The van der Waals surface area contributed by atoms with Crippen molar-refractivity contribution in [2.45, 2.75) is 123 Å². The predicted molar refractivity (Wildman–Crippen MR) is 338 cm³/mol. The molecule has 9 rings (SSSR count). The Morgan fingerprint density at radius 2 is 1.48 bits per heavy atom. The number of carbonyl (C=O) groups excluding carboxylic acids is 6. The van der Waals surface area contributed by atoms with Crippen LogP contribution in [0.15, 0.2) is 108 Å². The minimum atomic E-state index is -1.96. The van der Waals surface area contributed by atoms with Crippen molar-refractivity contribution in [3.8, 4) is 11.4 Å². The molecule has 0 radical (unpaired) electrons. The van der Waals surface area contributed by atoms with Gasteiger partial charge in [-0.2, -0.15) is 0 Å². The summed E-state index contributed by atoms with van der Waals surface area (Å²) in [5.41, 5.74) is 6.59. The molecule has 5 heterocycles. The molecule has 0 aliphatic carbocycles. The zero-order chi connectivity index (χ0) is 64.1. The number of rotatable bonds is 28. The fourth-order valence-electron chi connectivity index (χ4n) is 11.3. The number of hydrogen-bond acceptors (Lipinski definition) is 16. The maximum Gasteiger partial charge on any atom is 0.410 e. The van der Waals surface area contributed by atoms with Crippen molar-refractivity contribution in [2.75, 3.05) is 62.9 Å². The maximum atomic E-state index is 14.0. The number of pyridine rings is 2. The zero-order valence-electron chi connectivity index (χ0n) is 51.8. The molecule has 0 spiro atoms. The summed E-state index contributed by atoms with van der Waals surface area (Å²) in [4.78, 5) is 101. The van der Waals surface area contributed by atoms with Gasteiger partial charge >= 0.3 is 12.1 Å². The number of carbonyl (C=O) groups is 6. The van der Waals surface area contributed by atoms with Crippen LogP contribution < -0.4 is 31.7 Å². The van der Waals surface area contributed by atoms with E-state index in [1.807, 2.05) is 107 Å². The highest BCUT2D eigenvalue weighted by Crippen LogP contribution is 2.41. The van der Waals surface area contributed by atoms with Crippen LogP contribution in [0.4, 0.5) is 16.2 Å². The van der Waals surface area contributed by atoms with Crippen molar-refractivity contribution in [2.24, 2.45) is 5.92 Å². The summed E-state index contributed by atoms with van der Waals surface area (Å²) in [6.07, 6.45) is 2.77. The van der Waals surface area contributed by atoms with Crippen molar-refractivity contribution < 1.29 is 62.7 Å². The molecule has 0 bridgehead atoms. The van der Waals surface area contributed by atoms with Crippen molar-refractivity contribution in [3.63, 3.8) is 0 Å². The molecule has 3 aliphatic heterocycles. The van der Waals surface area contributed by atoms with E-state index in [4.69, 9.17) is 28.7 Å². The second-order valence-electron chi connectivity index (χ2n) is 23.2. The van der Waals surface area contributed by atoms with E-state index in [0.717, 1.165) is 38.9 Å². The fraction of sp³-hybridized carbons (Fsp3) is 0.412. The minimum absolute atomic E-state index is 0.0275. The lowest BCUT2D eigenvalue weighted by Crippen LogP contribution is -2.57. The van der Waals surface area contributed by atoms with Crippen molar-refractivity contribution >= 4 is 70.1 Å². The summed E-state index contributed by atoms with van der Waals surface area (Å²) in [5, 5.41) is 34.7. The first-order valence-electron chi connectivity index (χ1n) is 30.6. The number of aliphatic hydroxyl groups is 2. The van der Waals surface area contributed by atoms with Crippen LogP contribution in [0.25, 0.3) is 34.4 Å². The summed E-state index contributed by atoms with van der Waals surface area (Å²) in [7, 11) is 0. The highest BCUT2D eigenvalue weighted by atomic mass is 16.6. The van der Waals surface area contributed by atoms with Crippen LogP contribution in [-0.2, 0) is 86.0 Å². The number of fused-ring (bicyclic) bond motifs is 7. The molecule has 6 N–H and O–H groups in total. The molecule has 1 unspecified atom stereocenters. The SMILES string of the molecule is CC[C@@]1(O)C(=O)OCc2c1cc1n(c2=O)Cc2c-1nc1ccccc1c2CCN(C(=O)OCc1ccc(NC(=O)[C@H](C)NC(O)[C@@H](NC(=O)COCCOCCOCCNC(=O)CCC(=O)N2Cc3ccccc3/C=C\c3ccccc32)C(C)C)cc1)C(C)C. The van der Waals surface area contributed by atoms with Gasteiger partial charge in [-0.25, -0.2) is 14.6 Å². The summed E-state index contributed by atoms with van der Waals surface area (Å²) >= 11 is 0. The maximum absolute atomic E-state index is 14.0. The van der Waals surface area contributed by atoms with E-state index < -0.39 is 47.8 Å². The van der Waals surface area contributed by atoms with Gasteiger partial charge in [0, 0.05) is 54.2 Å². The third-order valence-electron chi connectivity index (χ3n) is 16.4. The van der Waals surface area contributed by atoms with Crippen LogP contribution in [0.5, 0.6) is 0 Å². The number of aromatic nitrogens is 2. The molecule has 90 heavy (non-hydrogen) atoms. The number of hydrogen-bond donors (Lipinski definition) is 6. The molecule has 3 aliphatic rings. The molecule has 0 saturated heterocycles. The Bertz CT molecular complexity index is 3680. The van der Waals surface area contributed by atoms with Crippen LogP contribution in [-0.4, -0.2) is 137 Å². The van der Waals surface area contributed by atoms with E-state index >= 15 is 0 Å². The van der Waals surface area contributed by atoms with E-state index in [1.54, 1.807) is 58.5 Å². The lowest BCUT2D eigenvalue weighted by Gasteiger charge is -2.31. The quantitative estimate of drug-likeness (QED) is 0.0169. The number of esters is 1. The van der Waals surface area contributed by atoms with Crippen LogP contribution in [0, 0.1) is 5.92 Å². The van der Waals surface area contributed by atoms with Crippen LogP contribution >= 0.6 is 0 Å². The molecular formula is C68H80N8O14. The number of benzene rings is 4. The first kappa shape index (κ1) is 65.8. The van der Waals surface area contributed by atoms with Gasteiger partial charge in [-0.05, 0) is 97.7 Å². The Hall–Kier alpha value is -8.64. The Balaban J connectivity index is 0.647. The molecule has 4 aromatic carbocycles. The summed E-state index contributed by atoms with van der Waals surface area (Å²) in [5.74, 6) is -2.32. The van der Waals surface area contributed by atoms with Gasteiger partial charge in [0.05, 0.1) is 86.4 Å². The van der Waals surface area contributed by atoms with Crippen LogP contribution in [0.1, 0.15) is 105 Å². The van der Waals surface area contributed by atoms with E-state index in [2.05, 4.69) is 27.3 Å². The van der Waals surface area contributed by atoms with Crippen molar-refractivity contribution in [1.29, 1.82) is 0 Å². The fourth-order valence-corrected chi connectivity index (χ4v) is 11.3. The van der Waals surface area contributed by atoms with Gasteiger partial charge in [0.25, 0.3) is 5.56 Å². The third-order valence-corrected chi connectivity index (χ3v) is 16.4. The first-order chi connectivity index (χ1) is 43.3. The summed E-state index contributed by atoms with van der Waals surface area (Å²) in [6, 6.07) is 29.9. The monoisotopic (exact) mass is 1230 g/mol. The first-order valence-corrected chi connectivity index (χ1v) is 30.6. The lowest BCUT2D eigenvalue weighted by molar-refractivity contribution is -0.172. The van der Waals surface area contributed by atoms with E-state index in [0.29, 0.717) is 41.1 Å². The van der Waals surface area contributed by atoms with Gasteiger partial charge in [-0.3, -0.25) is 29.3 Å². The summed E-state index contributed by atoms with van der Waals surface area (Å²) < 4.78 is 29.3. The molecular weight excluding hydrogens is 1150 g/mol. The molecule has 0 fully saturated rings. The number of cyclic esters (lactones) is 1. The number of nitrogens with one attached hydrogen (secondary N) is 4. The third kappa shape index (κ3) is 15.7. The highest BCUT2D eigenvalue weighted by molar-refractivity contribution is 5.99. The normalized spacial score (nSPS) is 16.1. The van der Waals surface area contributed by atoms with E-state index in [1.165, 1.54) is 0 Å². The Labute approximate surface area is 522 Å². The van der Waals surface area contributed by atoms with Gasteiger partial charge in [0.15, 0.2) is 5.60 Å². The Morgan fingerprint density at radius 3 is 2.22 bits per heavy atom. The number of anilines is 2. The molecule has 476 valence electrons. The van der Waals surface area contributed by atoms with Gasteiger partial charge in [0.2, 0.25) is 23.6 Å². The number of ether oxygens (including phenoxy) is 5. The highest BCUT2D eigenvalue weighted by Gasteiger charge is 2.46. The van der Waals surface area contributed by atoms with Crippen LogP contribution in [0.3, 0.4) is 0 Å². The number of para-hydroxylation sites is 2. The molecule has 4 atom stereocenters. The second-order valence-corrected chi connectivity index (χ2v) is 23.2. The van der Waals surface area contributed by atoms with Crippen molar-refractivity contribution in [1.82, 2.24) is 30.4 Å². The minimum Gasteiger partial charge on any atom is -0.458 e. The summed E-state index contributed by atoms with van der Waals surface area (Å²) in [6.45, 7) is 12.4. The number of amides is 5. The largest absolute Gasteiger partial charge is 0.458 e. The smallest absolute Gasteiger partial charge is 0.410 e. The molecule has 6 aromatic rings. The van der Waals surface area contributed by atoms with Gasteiger partial charge in [-0.1, -0.05) is 106 Å². The van der Waals surface area contributed by atoms with Gasteiger partial charge < -0.3 is 64.2 Å². The van der Waals surface area contributed by atoms with E-state index in [-0.39, 0.29) is 132 Å². The van der Waals surface area contributed by atoms with Crippen LogP contribution in [0.2, 0.25) is 0 Å².